The van der Waals surface area contributed by atoms with E-state index in [2.05, 4.69) is 63.7 Å². The fourth-order valence-electron chi connectivity index (χ4n) is 1.82. The van der Waals surface area contributed by atoms with Crippen LogP contribution in [0.3, 0.4) is 0 Å². The summed E-state index contributed by atoms with van der Waals surface area (Å²) in [7, 11) is 1.53. The van der Waals surface area contributed by atoms with Crippen LogP contribution in [0.1, 0.15) is 16.0 Å². The summed E-state index contributed by atoms with van der Waals surface area (Å²) in [6, 6.07) is 9.06. The zero-order valence-electron chi connectivity index (χ0n) is 10.3. The molecule has 20 heavy (non-hydrogen) atoms. The molecule has 0 aliphatic rings. The van der Waals surface area contributed by atoms with Crippen LogP contribution in [-0.4, -0.2) is 7.11 Å². The Balaban J connectivity index is 2.52. The number of benzene rings is 2. The third-order valence-electron chi connectivity index (χ3n) is 2.72. The van der Waals surface area contributed by atoms with Gasteiger partial charge in [0.1, 0.15) is 11.6 Å². The number of halogens is 5. The molecule has 0 aliphatic carbocycles. The smallest absolute Gasteiger partial charge is 0.141 e. The third kappa shape index (κ3) is 3.64. The third-order valence-corrected chi connectivity index (χ3v) is 5.27. The van der Waals surface area contributed by atoms with Gasteiger partial charge in [-0.2, -0.15) is 0 Å². The average Bonchev–Trinajstić information content (AvgIpc) is 2.39. The van der Waals surface area contributed by atoms with E-state index in [0.717, 1.165) is 20.1 Å². The van der Waals surface area contributed by atoms with Crippen molar-refractivity contribution in [3.05, 3.63) is 60.7 Å². The van der Waals surface area contributed by atoms with E-state index in [1.54, 1.807) is 6.07 Å². The molecule has 0 saturated carbocycles. The Kier molecular flexibility index (Phi) is 5.68. The normalized spacial score (nSPS) is 12.3. The molecule has 1 nitrogen and oxygen atoms in total. The molecule has 0 aliphatic heterocycles. The lowest BCUT2D eigenvalue weighted by Crippen LogP contribution is -1.99. The van der Waals surface area contributed by atoms with E-state index >= 15 is 0 Å². The minimum atomic E-state index is -0.347. The monoisotopic (exact) mass is 528 g/mol. The SMILES string of the molecule is COc1cc(F)c(Br)cc1C(Br)c1cc(Br)cc(Br)c1. The lowest BCUT2D eigenvalue weighted by atomic mass is 10.0. The lowest BCUT2D eigenvalue weighted by Gasteiger charge is -2.16. The van der Waals surface area contributed by atoms with Crippen molar-refractivity contribution < 1.29 is 9.13 Å². The van der Waals surface area contributed by atoms with Crippen molar-refractivity contribution in [1.82, 2.24) is 0 Å². The fourth-order valence-corrected chi connectivity index (χ4v) is 4.13. The molecule has 0 radical (unpaired) electrons. The van der Waals surface area contributed by atoms with E-state index in [9.17, 15) is 4.39 Å². The maximum absolute atomic E-state index is 13.6. The number of alkyl halides is 1. The molecule has 2 aromatic carbocycles. The van der Waals surface area contributed by atoms with Gasteiger partial charge in [-0.1, -0.05) is 47.8 Å². The molecule has 0 N–H and O–H groups in total. The van der Waals surface area contributed by atoms with Gasteiger partial charge in [0.05, 0.1) is 16.4 Å². The van der Waals surface area contributed by atoms with Gasteiger partial charge < -0.3 is 4.74 Å². The highest BCUT2D eigenvalue weighted by Gasteiger charge is 2.18. The summed E-state index contributed by atoms with van der Waals surface area (Å²) in [5, 5.41) is 0. The molecule has 0 fully saturated rings. The average molecular weight is 532 g/mol. The Bertz CT molecular complexity index is 625. The van der Waals surface area contributed by atoms with Crippen molar-refractivity contribution in [2.24, 2.45) is 0 Å². The summed E-state index contributed by atoms with van der Waals surface area (Å²) in [6.07, 6.45) is 0. The number of hydrogen-bond acceptors (Lipinski definition) is 1. The Morgan fingerprint density at radius 2 is 1.60 bits per heavy atom. The highest BCUT2D eigenvalue weighted by Crippen LogP contribution is 2.40. The van der Waals surface area contributed by atoms with Gasteiger partial charge >= 0.3 is 0 Å². The summed E-state index contributed by atoms with van der Waals surface area (Å²) in [5.74, 6) is 0.157. The van der Waals surface area contributed by atoms with Crippen LogP contribution in [0.5, 0.6) is 5.75 Å². The predicted octanol–water partition coefficient (Wildman–Crippen LogP) is 6.61. The fraction of sp³-hybridized carbons (Fsp3) is 0.143. The van der Waals surface area contributed by atoms with Crippen LogP contribution in [0, 0.1) is 5.82 Å². The van der Waals surface area contributed by atoms with E-state index < -0.39 is 0 Å². The number of rotatable bonds is 3. The molecular formula is C14H9Br4FO. The van der Waals surface area contributed by atoms with E-state index in [1.165, 1.54) is 13.2 Å². The summed E-state index contributed by atoms with van der Waals surface area (Å²) >= 11 is 13.8. The molecule has 1 unspecified atom stereocenters. The molecule has 0 spiro atoms. The molecule has 0 aromatic heterocycles. The van der Waals surface area contributed by atoms with Crippen LogP contribution in [-0.2, 0) is 0 Å². The summed E-state index contributed by atoms with van der Waals surface area (Å²) < 4.78 is 21.2. The predicted molar refractivity (Wildman–Crippen MR) is 93.3 cm³/mol. The number of hydrogen-bond donors (Lipinski definition) is 0. The van der Waals surface area contributed by atoms with Crippen molar-refractivity contribution in [2.75, 3.05) is 7.11 Å². The van der Waals surface area contributed by atoms with Gasteiger partial charge in [-0.15, -0.1) is 0 Å². The molecule has 1 atom stereocenters. The first-order chi connectivity index (χ1) is 9.42. The van der Waals surface area contributed by atoms with E-state index in [-0.39, 0.29) is 10.6 Å². The topological polar surface area (TPSA) is 9.23 Å². The van der Waals surface area contributed by atoms with Gasteiger partial charge in [-0.05, 0) is 45.8 Å². The minimum Gasteiger partial charge on any atom is -0.496 e. The Morgan fingerprint density at radius 3 is 2.15 bits per heavy atom. The van der Waals surface area contributed by atoms with Crippen molar-refractivity contribution in [3.8, 4) is 5.75 Å². The van der Waals surface area contributed by atoms with Crippen molar-refractivity contribution in [3.63, 3.8) is 0 Å². The Hall–Kier alpha value is 0.0900. The van der Waals surface area contributed by atoms with E-state index in [4.69, 9.17) is 4.74 Å². The van der Waals surface area contributed by atoms with Gasteiger partial charge in [0.2, 0.25) is 0 Å². The molecule has 2 rings (SSSR count). The second kappa shape index (κ2) is 6.90. The van der Waals surface area contributed by atoms with E-state index in [1.807, 2.05) is 18.2 Å². The lowest BCUT2D eigenvalue weighted by molar-refractivity contribution is 0.406. The Labute approximate surface area is 150 Å². The van der Waals surface area contributed by atoms with Crippen LogP contribution >= 0.6 is 63.7 Å². The van der Waals surface area contributed by atoms with Crippen LogP contribution < -0.4 is 4.74 Å². The minimum absolute atomic E-state index is 0.108. The highest BCUT2D eigenvalue weighted by atomic mass is 79.9. The number of ether oxygens (including phenoxy) is 1. The second-order valence-electron chi connectivity index (χ2n) is 4.07. The quantitative estimate of drug-likeness (QED) is 0.405. The van der Waals surface area contributed by atoms with Crippen molar-refractivity contribution in [2.45, 2.75) is 4.83 Å². The van der Waals surface area contributed by atoms with Crippen LogP contribution in [0.2, 0.25) is 0 Å². The maximum atomic E-state index is 13.6. The molecule has 0 saturated heterocycles. The van der Waals surface area contributed by atoms with Crippen molar-refractivity contribution in [1.29, 1.82) is 0 Å². The standard InChI is InChI=1S/C14H9Br4FO/c1-20-13-6-12(19)11(17)5-10(13)14(18)7-2-8(15)4-9(16)3-7/h2-6,14H,1H3. The summed E-state index contributed by atoms with van der Waals surface area (Å²) in [4.78, 5) is -0.108. The van der Waals surface area contributed by atoms with Crippen LogP contribution in [0.15, 0.2) is 43.7 Å². The molecule has 2 aromatic rings. The van der Waals surface area contributed by atoms with E-state index in [0.29, 0.717) is 10.2 Å². The first kappa shape index (κ1) is 16.5. The number of methoxy groups -OCH3 is 1. The summed E-state index contributed by atoms with van der Waals surface area (Å²) in [5.41, 5.74) is 1.88. The molecular weight excluding hydrogens is 523 g/mol. The first-order valence-electron chi connectivity index (χ1n) is 5.55. The van der Waals surface area contributed by atoms with Crippen molar-refractivity contribution >= 4 is 63.7 Å². The highest BCUT2D eigenvalue weighted by molar-refractivity contribution is 9.11. The van der Waals surface area contributed by atoms with Gasteiger partial charge in [0, 0.05) is 20.6 Å². The maximum Gasteiger partial charge on any atom is 0.141 e. The largest absolute Gasteiger partial charge is 0.496 e. The zero-order valence-corrected chi connectivity index (χ0v) is 16.6. The first-order valence-corrected chi connectivity index (χ1v) is 8.85. The van der Waals surface area contributed by atoms with Gasteiger partial charge in [-0.3, -0.25) is 0 Å². The molecule has 0 heterocycles. The Morgan fingerprint density at radius 1 is 1.00 bits per heavy atom. The van der Waals surface area contributed by atoms with Crippen LogP contribution in [0.25, 0.3) is 0 Å². The molecule has 0 amide bonds. The second-order valence-corrected chi connectivity index (χ2v) is 7.67. The van der Waals surface area contributed by atoms with Gasteiger partial charge in [0.15, 0.2) is 0 Å². The molecule has 6 heteroatoms. The van der Waals surface area contributed by atoms with Crippen LogP contribution in [0.4, 0.5) is 4.39 Å². The summed E-state index contributed by atoms with van der Waals surface area (Å²) in [6.45, 7) is 0. The van der Waals surface area contributed by atoms with Gasteiger partial charge in [0.25, 0.3) is 0 Å². The molecule has 0 bridgehead atoms. The van der Waals surface area contributed by atoms with Gasteiger partial charge in [-0.25, -0.2) is 4.39 Å². The molecule has 106 valence electrons. The zero-order chi connectivity index (χ0) is 14.9.